The number of esters is 1. The van der Waals surface area contributed by atoms with Gasteiger partial charge in [-0.2, -0.15) is 0 Å². The molecule has 184 valence electrons. The molecule has 0 aliphatic carbocycles. The highest BCUT2D eigenvalue weighted by Gasteiger charge is 2.23. The summed E-state index contributed by atoms with van der Waals surface area (Å²) < 4.78 is 22.5. The normalized spacial score (nSPS) is 14.3. The third-order valence-corrected chi connectivity index (χ3v) is 5.53. The molecule has 1 aliphatic rings. The number of carbonyl (C=O) groups is 2. The van der Waals surface area contributed by atoms with Crippen molar-refractivity contribution < 1.29 is 28.5 Å². The van der Waals surface area contributed by atoms with Crippen LogP contribution in [0.15, 0.2) is 42.5 Å². The number of nitrogens with one attached hydrogen (secondary N) is 1. The molecule has 0 bridgehead atoms. The van der Waals surface area contributed by atoms with Crippen molar-refractivity contribution in [1.82, 2.24) is 0 Å². The SMILES string of the molecule is CCOc1cc(N2CCOCC2)c(OCC)cc1NC(=O)COC(=O)[C@H](CC)c1ccccc1. The van der Waals surface area contributed by atoms with Gasteiger partial charge in [-0.15, -0.1) is 0 Å². The molecule has 1 fully saturated rings. The summed E-state index contributed by atoms with van der Waals surface area (Å²) in [5, 5.41) is 2.81. The Morgan fingerprint density at radius 2 is 1.68 bits per heavy atom. The minimum absolute atomic E-state index is 0.386. The lowest BCUT2D eigenvalue weighted by molar-refractivity contribution is -0.149. The Morgan fingerprint density at radius 1 is 1.00 bits per heavy atom. The van der Waals surface area contributed by atoms with Gasteiger partial charge in [-0.05, 0) is 25.8 Å². The van der Waals surface area contributed by atoms with Crippen molar-refractivity contribution in [3.05, 3.63) is 48.0 Å². The second-order valence-electron chi connectivity index (χ2n) is 7.81. The first-order valence-electron chi connectivity index (χ1n) is 11.8. The minimum Gasteiger partial charge on any atom is -0.492 e. The molecule has 1 atom stereocenters. The molecular weight excluding hydrogens is 436 g/mol. The Kier molecular flexibility index (Phi) is 9.58. The zero-order chi connectivity index (χ0) is 24.3. The van der Waals surface area contributed by atoms with E-state index in [1.54, 1.807) is 6.07 Å². The molecule has 1 heterocycles. The van der Waals surface area contributed by atoms with Crippen molar-refractivity contribution in [3.8, 4) is 11.5 Å². The smallest absolute Gasteiger partial charge is 0.313 e. The van der Waals surface area contributed by atoms with Crippen LogP contribution in [0.25, 0.3) is 0 Å². The van der Waals surface area contributed by atoms with E-state index in [9.17, 15) is 9.59 Å². The highest BCUT2D eigenvalue weighted by molar-refractivity contribution is 5.95. The maximum Gasteiger partial charge on any atom is 0.313 e. The molecule has 3 rings (SSSR count). The van der Waals surface area contributed by atoms with Gasteiger partial charge in [0, 0.05) is 25.2 Å². The summed E-state index contributed by atoms with van der Waals surface area (Å²) in [5.74, 6) is -0.103. The Morgan fingerprint density at radius 3 is 2.32 bits per heavy atom. The fraction of sp³-hybridized carbons (Fsp3) is 0.462. The first-order valence-corrected chi connectivity index (χ1v) is 11.8. The van der Waals surface area contributed by atoms with E-state index >= 15 is 0 Å². The number of morpholine rings is 1. The summed E-state index contributed by atoms with van der Waals surface area (Å²) in [7, 11) is 0. The number of benzene rings is 2. The van der Waals surface area contributed by atoms with Crippen LogP contribution in [0.4, 0.5) is 11.4 Å². The number of hydrogen-bond acceptors (Lipinski definition) is 7. The molecule has 2 aromatic rings. The number of anilines is 2. The second kappa shape index (κ2) is 12.8. The maximum atomic E-state index is 12.7. The number of carbonyl (C=O) groups excluding carboxylic acids is 2. The largest absolute Gasteiger partial charge is 0.492 e. The Bertz CT molecular complexity index is 944. The summed E-state index contributed by atoms with van der Waals surface area (Å²) >= 11 is 0. The molecule has 8 heteroatoms. The molecule has 0 saturated carbocycles. The molecule has 0 spiro atoms. The third kappa shape index (κ3) is 6.63. The quantitative estimate of drug-likeness (QED) is 0.497. The number of rotatable bonds is 11. The number of nitrogens with zero attached hydrogens (tertiary/aromatic N) is 1. The van der Waals surface area contributed by atoms with E-state index in [0.717, 1.165) is 24.3 Å². The standard InChI is InChI=1S/C26H34N2O6/c1-4-20(19-10-8-7-9-11-19)26(30)34-18-25(29)27-21-16-24(33-6-3)22(17-23(21)32-5-2)28-12-14-31-15-13-28/h7-11,16-17,20H,4-6,12-15,18H2,1-3H3,(H,27,29)/t20-/m1/s1. The summed E-state index contributed by atoms with van der Waals surface area (Å²) in [6.07, 6.45) is 0.583. The van der Waals surface area contributed by atoms with Crippen LogP contribution in [0.5, 0.6) is 11.5 Å². The first kappa shape index (κ1) is 25.4. The van der Waals surface area contributed by atoms with E-state index in [-0.39, 0.29) is 6.61 Å². The van der Waals surface area contributed by atoms with Gasteiger partial charge in [-0.25, -0.2) is 0 Å². The van der Waals surface area contributed by atoms with Crippen LogP contribution in [-0.2, 0) is 19.1 Å². The van der Waals surface area contributed by atoms with E-state index in [0.29, 0.717) is 50.0 Å². The Hall–Kier alpha value is -3.26. The van der Waals surface area contributed by atoms with Crippen molar-refractivity contribution in [2.75, 3.05) is 56.3 Å². The van der Waals surface area contributed by atoms with Gasteiger partial charge in [-0.3, -0.25) is 9.59 Å². The fourth-order valence-electron chi connectivity index (χ4n) is 3.89. The molecule has 2 aromatic carbocycles. The fourth-order valence-corrected chi connectivity index (χ4v) is 3.89. The molecule has 34 heavy (non-hydrogen) atoms. The van der Waals surface area contributed by atoms with Crippen LogP contribution >= 0.6 is 0 Å². The molecular formula is C26H34N2O6. The van der Waals surface area contributed by atoms with Gasteiger partial charge in [0.2, 0.25) is 0 Å². The number of ether oxygens (including phenoxy) is 4. The molecule has 8 nitrogen and oxygen atoms in total. The van der Waals surface area contributed by atoms with Crippen molar-refractivity contribution in [2.24, 2.45) is 0 Å². The van der Waals surface area contributed by atoms with Crippen LogP contribution < -0.4 is 19.7 Å². The van der Waals surface area contributed by atoms with Crippen molar-refractivity contribution in [1.29, 1.82) is 0 Å². The van der Waals surface area contributed by atoms with Crippen molar-refractivity contribution >= 4 is 23.3 Å². The zero-order valence-electron chi connectivity index (χ0n) is 20.2. The average molecular weight is 471 g/mol. The van der Waals surface area contributed by atoms with Gasteiger partial charge in [0.25, 0.3) is 5.91 Å². The van der Waals surface area contributed by atoms with Gasteiger partial charge in [0.05, 0.1) is 43.7 Å². The second-order valence-corrected chi connectivity index (χ2v) is 7.81. The highest BCUT2D eigenvalue weighted by Crippen LogP contribution is 2.39. The van der Waals surface area contributed by atoms with Gasteiger partial charge in [0.15, 0.2) is 6.61 Å². The lowest BCUT2D eigenvalue weighted by atomic mass is 9.97. The van der Waals surface area contributed by atoms with E-state index < -0.39 is 17.8 Å². The number of hydrogen-bond donors (Lipinski definition) is 1. The predicted molar refractivity (Wildman–Crippen MR) is 131 cm³/mol. The van der Waals surface area contributed by atoms with E-state index in [2.05, 4.69) is 10.2 Å². The predicted octanol–water partition coefficient (Wildman–Crippen LogP) is 4.00. The summed E-state index contributed by atoms with van der Waals surface area (Å²) in [6.45, 7) is 9.00. The molecule has 1 amide bonds. The van der Waals surface area contributed by atoms with Crippen LogP contribution in [-0.4, -0.2) is 58.0 Å². The third-order valence-electron chi connectivity index (χ3n) is 5.53. The topological polar surface area (TPSA) is 86.3 Å². The van der Waals surface area contributed by atoms with Gasteiger partial charge >= 0.3 is 5.97 Å². The molecule has 1 aliphatic heterocycles. The monoisotopic (exact) mass is 470 g/mol. The van der Waals surface area contributed by atoms with Crippen LogP contribution in [0, 0.1) is 0 Å². The minimum atomic E-state index is -0.446. The Balaban J connectivity index is 1.72. The van der Waals surface area contributed by atoms with Crippen molar-refractivity contribution in [3.63, 3.8) is 0 Å². The molecule has 1 N–H and O–H groups in total. The average Bonchev–Trinajstić information content (AvgIpc) is 2.86. The van der Waals surface area contributed by atoms with E-state index in [1.165, 1.54) is 0 Å². The summed E-state index contributed by atoms with van der Waals surface area (Å²) in [4.78, 5) is 27.4. The maximum absolute atomic E-state index is 12.7. The van der Waals surface area contributed by atoms with Crippen LogP contribution in [0.2, 0.25) is 0 Å². The van der Waals surface area contributed by atoms with E-state index in [4.69, 9.17) is 18.9 Å². The molecule has 0 radical (unpaired) electrons. The molecule has 0 unspecified atom stereocenters. The summed E-state index contributed by atoms with van der Waals surface area (Å²) in [5.41, 5.74) is 2.24. The zero-order valence-corrected chi connectivity index (χ0v) is 20.2. The molecule has 1 saturated heterocycles. The summed E-state index contributed by atoms with van der Waals surface area (Å²) in [6, 6.07) is 13.1. The van der Waals surface area contributed by atoms with Crippen LogP contribution in [0.1, 0.15) is 38.7 Å². The first-order chi connectivity index (χ1) is 16.6. The van der Waals surface area contributed by atoms with Gasteiger partial charge in [0.1, 0.15) is 11.5 Å². The number of amides is 1. The Labute approximate surface area is 201 Å². The molecule has 0 aromatic heterocycles. The van der Waals surface area contributed by atoms with Crippen LogP contribution in [0.3, 0.4) is 0 Å². The highest BCUT2D eigenvalue weighted by atomic mass is 16.5. The van der Waals surface area contributed by atoms with E-state index in [1.807, 2.05) is 57.2 Å². The lowest BCUT2D eigenvalue weighted by Crippen LogP contribution is -2.36. The van der Waals surface area contributed by atoms with Gasteiger partial charge < -0.3 is 29.2 Å². The van der Waals surface area contributed by atoms with Crippen molar-refractivity contribution in [2.45, 2.75) is 33.1 Å². The van der Waals surface area contributed by atoms with Gasteiger partial charge in [-0.1, -0.05) is 37.3 Å². The lowest BCUT2D eigenvalue weighted by Gasteiger charge is -2.31.